The first-order valence-corrected chi connectivity index (χ1v) is 9.89. The highest BCUT2D eigenvalue weighted by atomic mass is 35.5. The Labute approximate surface area is 171 Å². The first-order valence-electron chi connectivity index (χ1n) is 8.07. The van der Waals surface area contributed by atoms with Crippen molar-refractivity contribution >= 4 is 27.3 Å². The van der Waals surface area contributed by atoms with Crippen LogP contribution in [0.15, 0.2) is 53.7 Å². The number of fused-ring (bicyclic) bond motifs is 1. The average molecular weight is 472 g/mol. The van der Waals surface area contributed by atoms with Crippen molar-refractivity contribution in [1.82, 2.24) is 13.7 Å². The first kappa shape index (κ1) is 22.4. The number of sulfonamides is 1. The Bertz CT molecular complexity index is 1170. The van der Waals surface area contributed by atoms with Gasteiger partial charge >= 0.3 is 12.4 Å². The standard InChI is InChI=1S/C17H12ClF6N3O2S/c1-26(30(28,29)12-6-7-14-25-8-13(18)27(14)9-12)15(17(22,23)24)10-2-4-11(5-3-10)16(19,20)21/h2-9,15H,1H3/t15-/m1/s1. The molecule has 3 rings (SSSR count). The number of nitrogens with zero attached hydrogens (tertiary/aromatic N) is 3. The van der Waals surface area contributed by atoms with E-state index in [1.54, 1.807) is 0 Å². The van der Waals surface area contributed by atoms with Crippen LogP contribution >= 0.6 is 11.6 Å². The van der Waals surface area contributed by atoms with Gasteiger partial charge in [-0.25, -0.2) is 13.4 Å². The van der Waals surface area contributed by atoms with E-state index in [9.17, 15) is 34.8 Å². The van der Waals surface area contributed by atoms with Gasteiger partial charge < -0.3 is 0 Å². The summed E-state index contributed by atoms with van der Waals surface area (Å²) in [6.45, 7) is 0. The summed E-state index contributed by atoms with van der Waals surface area (Å²) in [7, 11) is -4.01. The Kier molecular flexibility index (Phi) is 5.54. The van der Waals surface area contributed by atoms with Crippen molar-refractivity contribution in [1.29, 1.82) is 0 Å². The molecule has 3 aromatic rings. The second-order valence-corrected chi connectivity index (χ2v) is 8.64. The van der Waals surface area contributed by atoms with Crippen molar-refractivity contribution < 1.29 is 34.8 Å². The van der Waals surface area contributed by atoms with Gasteiger partial charge in [0.25, 0.3) is 0 Å². The van der Waals surface area contributed by atoms with E-state index >= 15 is 0 Å². The number of alkyl halides is 6. The minimum atomic E-state index is -5.10. The molecule has 0 amide bonds. The molecule has 13 heteroatoms. The van der Waals surface area contributed by atoms with Gasteiger partial charge in [-0.05, 0) is 29.8 Å². The summed E-state index contributed by atoms with van der Waals surface area (Å²) in [6, 6.07) is 1.74. The Morgan fingerprint density at radius 2 is 1.63 bits per heavy atom. The zero-order valence-corrected chi connectivity index (χ0v) is 16.5. The Balaban J connectivity index is 2.06. The Hall–Kier alpha value is -2.31. The van der Waals surface area contributed by atoms with Crippen LogP contribution in [0.4, 0.5) is 26.3 Å². The lowest BCUT2D eigenvalue weighted by Gasteiger charge is -2.29. The van der Waals surface area contributed by atoms with Gasteiger partial charge in [0.2, 0.25) is 10.0 Å². The molecule has 2 aromatic heterocycles. The Morgan fingerprint density at radius 3 is 2.17 bits per heavy atom. The summed E-state index contributed by atoms with van der Waals surface area (Å²) in [5, 5.41) is 0.0415. The van der Waals surface area contributed by atoms with Gasteiger partial charge in [-0.1, -0.05) is 23.7 Å². The molecule has 0 aliphatic rings. The van der Waals surface area contributed by atoms with Crippen molar-refractivity contribution in [2.24, 2.45) is 0 Å². The third kappa shape index (κ3) is 4.12. The molecule has 0 radical (unpaired) electrons. The number of halogens is 7. The summed E-state index contributed by atoms with van der Waals surface area (Å²) in [5.41, 5.74) is -1.54. The maximum absolute atomic E-state index is 13.7. The van der Waals surface area contributed by atoms with Gasteiger partial charge in [-0.2, -0.15) is 30.6 Å². The number of hydrogen-bond acceptors (Lipinski definition) is 3. The molecule has 0 saturated carbocycles. The van der Waals surface area contributed by atoms with Gasteiger partial charge in [0, 0.05) is 13.2 Å². The minimum absolute atomic E-state index is 0.0415. The molecule has 0 saturated heterocycles. The van der Waals surface area contributed by atoms with Crippen LogP contribution in [-0.2, 0) is 16.2 Å². The predicted molar refractivity (Wildman–Crippen MR) is 95.4 cm³/mol. The molecule has 0 aliphatic carbocycles. The van der Waals surface area contributed by atoms with Crippen molar-refractivity contribution in [3.05, 3.63) is 65.1 Å². The SMILES string of the molecule is CN([C@H](c1ccc(C(F)(F)F)cc1)C(F)(F)F)S(=O)(=O)c1ccc2ncc(Cl)n2c1. The number of hydrogen-bond donors (Lipinski definition) is 0. The summed E-state index contributed by atoms with van der Waals surface area (Å²) >= 11 is 5.88. The smallest absolute Gasteiger partial charge is 0.289 e. The highest BCUT2D eigenvalue weighted by Crippen LogP contribution is 2.40. The van der Waals surface area contributed by atoms with Crippen molar-refractivity contribution in [3.63, 3.8) is 0 Å². The van der Waals surface area contributed by atoms with Crippen LogP contribution in [0.5, 0.6) is 0 Å². The second kappa shape index (κ2) is 7.43. The van der Waals surface area contributed by atoms with Crippen molar-refractivity contribution in [2.45, 2.75) is 23.3 Å². The Morgan fingerprint density at radius 1 is 1.03 bits per heavy atom. The van der Waals surface area contributed by atoms with E-state index in [-0.39, 0.29) is 15.1 Å². The van der Waals surface area contributed by atoms with E-state index < -0.39 is 44.4 Å². The largest absolute Gasteiger partial charge is 0.416 e. The maximum atomic E-state index is 13.7. The van der Waals surface area contributed by atoms with E-state index in [2.05, 4.69) is 4.98 Å². The zero-order chi connectivity index (χ0) is 22.5. The molecule has 1 atom stereocenters. The van der Waals surface area contributed by atoms with E-state index in [1.165, 1.54) is 16.7 Å². The van der Waals surface area contributed by atoms with Crippen molar-refractivity contribution in [3.8, 4) is 0 Å². The van der Waals surface area contributed by atoms with E-state index in [0.29, 0.717) is 31.3 Å². The number of rotatable bonds is 4. The van der Waals surface area contributed by atoms with Gasteiger partial charge in [0.15, 0.2) is 0 Å². The molecule has 0 N–H and O–H groups in total. The molecule has 0 unspecified atom stereocenters. The highest BCUT2D eigenvalue weighted by molar-refractivity contribution is 7.89. The number of imidazole rings is 1. The van der Waals surface area contributed by atoms with Gasteiger partial charge in [0.05, 0.1) is 16.7 Å². The lowest BCUT2D eigenvalue weighted by atomic mass is 10.0. The third-order valence-corrected chi connectivity index (χ3v) is 6.42. The second-order valence-electron chi connectivity index (χ2n) is 6.26. The van der Waals surface area contributed by atoms with E-state index in [1.807, 2.05) is 0 Å². The quantitative estimate of drug-likeness (QED) is 0.507. The van der Waals surface area contributed by atoms with Crippen molar-refractivity contribution in [2.75, 3.05) is 7.05 Å². The number of pyridine rings is 1. The van der Waals surface area contributed by atoms with Crippen LogP contribution in [0.3, 0.4) is 0 Å². The van der Waals surface area contributed by atoms with Crippen LogP contribution in [-0.4, -0.2) is 35.3 Å². The topological polar surface area (TPSA) is 54.7 Å². The summed E-state index contributed by atoms with van der Waals surface area (Å²) in [5.74, 6) is 0. The molecule has 30 heavy (non-hydrogen) atoms. The molecule has 0 fully saturated rings. The highest BCUT2D eigenvalue weighted by Gasteiger charge is 2.48. The summed E-state index contributed by atoms with van der Waals surface area (Å²) < 4.78 is 106. The summed E-state index contributed by atoms with van der Waals surface area (Å²) in [4.78, 5) is 3.39. The molecule has 162 valence electrons. The molecular weight excluding hydrogens is 460 g/mol. The lowest BCUT2D eigenvalue weighted by molar-refractivity contribution is -0.171. The molecule has 0 spiro atoms. The van der Waals surface area contributed by atoms with Crippen LogP contribution < -0.4 is 0 Å². The van der Waals surface area contributed by atoms with Crippen LogP contribution in [0.2, 0.25) is 5.15 Å². The lowest BCUT2D eigenvalue weighted by Crippen LogP contribution is -2.39. The minimum Gasteiger partial charge on any atom is -0.289 e. The molecule has 1 aromatic carbocycles. The normalized spacial score (nSPS) is 14.4. The zero-order valence-electron chi connectivity index (χ0n) is 14.9. The van der Waals surface area contributed by atoms with Gasteiger partial charge in [-0.15, -0.1) is 0 Å². The fourth-order valence-electron chi connectivity index (χ4n) is 2.85. The summed E-state index contributed by atoms with van der Waals surface area (Å²) in [6.07, 6.45) is -7.60. The predicted octanol–water partition coefficient (Wildman–Crippen LogP) is 4.93. The molecular formula is C17H12ClF6N3O2S. The number of aromatic nitrogens is 2. The molecule has 5 nitrogen and oxygen atoms in total. The fourth-order valence-corrected chi connectivity index (χ4v) is 4.36. The molecule has 2 heterocycles. The third-order valence-electron chi connectivity index (χ3n) is 4.34. The van der Waals surface area contributed by atoms with Gasteiger partial charge in [0.1, 0.15) is 16.8 Å². The monoisotopic (exact) mass is 471 g/mol. The molecule has 0 aliphatic heterocycles. The van der Waals surface area contributed by atoms with Crippen LogP contribution in [0, 0.1) is 0 Å². The maximum Gasteiger partial charge on any atom is 0.416 e. The van der Waals surface area contributed by atoms with E-state index in [0.717, 1.165) is 12.3 Å². The first-order chi connectivity index (χ1) is 13.7. The fraction of sp³-hybridized carbons (Fsp3) is 0.235. The molecule has 0 bridgehead atoms. The van der Waals surface area contributed by atoms with Gasteiger partial charge in [-0.3, -0.25) is 4.40 Å². The number of benzene rings is 1. The van der Waals surface area contributed by atoms with Crippen LogP contribution in [0.1, 0.15) is 17.2 Å². The average Bonchev–Trinajstić information content (AvgIpc) is 3.01. The van der Waals surface area contributed by atoms with E-state index in [4.69, 9.17) is 11.6 Å². The van der Waals surface area contributed by atoms with Crippen LogP contribution in [0.25, 0.3) is 5.65 Å².